The van der Waals surface area contributed by atoms with Crippen LogP contribution in [0.5, 0.6) is 0 Å². The van der Waals surface area contributed by atoms with Gasteiger partial charge >= 0.3 is 6.18 Å². The second kappa shape index (κ2) is 8.86. The normalized spacial score (nSPS) is 17.5. The van der Waals surface area contributed by atoms with Crippen molar-refractivity contribution in [2.75, 3.05) is 13.7 Å². The molecule has 0 amide bonds. The molecule has 28 heavy (non-hydrogen) atoms. The van der Waals surface area contributed by atoms with Crippen molar-refractivity contribution in [3.8, 4) is 0 Å². The van der Waals surface area contributed by atoms with Crippen LogP contribution in [-0.4, -0.2) is 45.4 Å². The summed E-state index contributed by atoms with van der Waals surface area (Å²) in [6.45, 7) is 3.64. The van der Waals surface area contributed by atoms with E-state index in [2.05, 4.69) is 30.7 Å². The van der Waals surface area contributed by atoms with E-state index in [0.29, 0.717) is 36.5 Å². The number of hydrogen-bond acceptors (Lipinski definition) is 6. The first-order valence-corrected chi connectivity index (χ1v) is 9.75. The Balaban J connectivity index is 1.62. The minimum Gasteiger partial charge on any atom is -0.377 e. The number of hydrogen-bond donors (Lipinski definition) is 2. The Hall–Kier alpha value is -2.21. The van der Waals surface area contributed by atoms with Gasteiger partial charge in [0.1, 0.15) is 17.4 Å². The number of fused-ring (bicyclic) bond motifs is 1. The third-order valence-corrected chi connectivity index (χ3v) is 4.91. The molecule has 1 aliphatic rings. The predicted octanol–water partition coefficient (Wildman–Crippen LogP) is 1.97. The number of alkyl halides is 3. The second-order valence-electron chi connectivity index (χ2n) is 6.26. The van der Waals surface area contributed by atoms with Gasteiger partial charge in [0.05, 0.1) is 13.1 Å². The Kier molecular flexibility index (Phi) is 6.50. The van der Waals surface area contributed by atoms with Crippen LogP contribution in [0, 0.1) is 0 Å². The van der Waals surface area contributed by atoms with Gasteiger partial charge in [-0.1, -0.05) is 0 Å². The molecule has 0 bridgehead atoms. The monoisotopic (exact) mass is 417 g/mol. The minimum absolute atomic E-state index is 0.0787. The highest BCUT2D eigenvalue weighted by Gasteiger charge is 2.33. The molecule has 3 rings (SSSR count). The first kappa shape index (κ1) is 20.5. The van der Waals surface area contributed by atoms with Gasteiger partial charge in [-0.3, -0.25) is 0 Å². The third-order valence-electron chi connectivity index (χ3n) is 4.08. The van der Waals surface area contributed by atoms with E-state index in [0.717, 1.165) is 35.4 Å². The third kappa shape index (κ3) is 5.19. The fourth-order valence-corrected chi connectivity index (χ4v) is 3.57. The standard InChI is InChI=1S/C16H22F3N7OS/c1-3-20-15(21-6-14-23-11(9-28-14)16(17,18)19)22-10-4-5-13-24-12(8-27-2)25-26(13)7-10/h9-10H,3-8H2,1-2H3,(H2,20,21,22). The van der Waals surface area contributed by atoms with Crippen molar-refractivity contribution in [3.63, 3.8) is 0 Å². The molecule has 0 saturated carbocycles. The zero-order valence-corrected chi connectivity index (χ0v) is 16.4. The number of nitrogens with zero attached hydrogens (tertiary/aromatic N) is 5. The van der Waals surface area contributed by atoms with Crippen LogP contribution < -0.4 is 10.6 Å². The van der Waals surface area contributed by atoms with Crippen LogP contribution >= 0.6 is 11.3 Å². The molecule has 0 radical (unpaired) electrons. The molecule has 8 nitrogen and oxygen atoms in total. The Labute approximate surface area is 164 Å². The molecule has 2 N–H and O–H groups in total. The van der Waals surface area contributed by atoms with Crippen LogP contribution in [0.15, 0.2) is 10.4 Å². The van der Waals surface area contributed by atoms with Crippen LogP contribution in [-0.2, 0) is 37.0 Å². The van der Waals surface area contributed by atoms with Crippen molar-refractivity contribution >= 4 is 17.3 Å². The predicted molar refractivity (Wildman–Crippen MR) is 97.9 cm³/mol. The lowest BCUT2D eigenvalue weighted by Crippen LogP contribution is -2.47. The summed E-state index contributed by atoms with van der Waals surface area (Å²) < 4.78 is 44.9. The first-order chi connectivity index (χ1) is 13.4. The van der Waals surface area contributed by atoms with Gasteiger partial charge in [-0.2, -0.15) is 18.3 Å². The summed E-state index contributed by atoms with van der Waals surface area (Å²) in [6.07, 6.45) is -2.80. The van der Waals surface area contributed by atoms with E-state index in [1.807, 2.05) is 11.6 Å². The van der Waals surface area contributed by atoms with Gasteiger partial charge in [-0.15, -0.1) is 11.3 Å². The van der Waals surface area contributed by atoms with Crippen molar-refractivity contribution < 1.29 is 17.9 Å². The smallest absolute Gasteiger partial charge is 0.377 e. The lowest BCUT2D eigenvalue weighted by Gasteiger charge is -2.25. The Morgan fingerprint density at radius 1 is 1.43 bits per heavy atom. The summed E-state index contributed by atoms with van der Waals surface area (Å²) in [6, 6.07) is 0.0874. The lowest BCUT2D eigenvalue weighted by atomic mass is 10.1. The van der Waals surface area contributed by atoms with Crippen molar-refractivity contribution in [1.82, 2.24) is 30.4 Å². The number of nitrogens with one attached hydrogen (secondary N) is 2. The molecule has 0 fully saturated rings. The van der Waals surface area contributed by atoms with E-state index in [1.54, 1.807) is 7.11 Å². The fraction of sp³-hybridized carbons (Fsp3) is 0.625. The van der Waals surface area contributed by atoms with Gasteiger partial charge < -0.3 is 15.4 Å². The number of thiazole rings is 1. The maximum atomic E-state index is 12.7. The highest BCUT2D eigenvalue weighted by molar-refractivity contribution is 7.09. The number of ether oxygens (including phenoxy) is 1. The summed E-state index contributed by atoms with van der Waals surface area (Å²) in [4.78, 5) is 12.4. The number of methoxy groups -OCH3 is 1. The van der Waals surface area contributed by atoms with Gasteiger partial charge in [-0.25, -0.2) is 19.6 Å². The molecule has 0 spiro atoms. The topological polar surface area (TPSA) is 89.2 Å². The zero-order chi connectivity index (χ0) is 20.1. The maximum absolute atomic E-state index is 12.7. The number of aliphatic imine (C=N–C) groups is 1. The maximum Gasteiger partial charge on any atom is 0.434 e. The lowest BCUT2D eigenvalue weighted by molar-refractivity contribution is -0.140. The Morgan fingerprint density at radius 3 is 2.93 bits per heavy atom. The Bertz CT molecular complexity index is 818. The van der Waals surface area contributed by atoms with E-state index in [-0.39, 0.29) is 12.6 Å². The van der Waals surface area contributed by atoms with E-state index < -0.39 is 11.9 Å². The number of halogens is 3. The van der Waals surface area contributed by atoms with Crippen LogP contribution in [0.4, 0.5) is 13.2 Å². The number of aryl methyl sites for hydroxylation is 1. The first-order valence-electron chi connectivity index (χ1n) is 8.87. The summed E-state index contributed by atoms with van der Waals surface area (Å²) in [7, 11) is 1.60. The molecule has 0 aliphatic carbocycles. The van der Waals surface area contributed by atoms with Crippen molar-refractivity contribution in [2.24, 2.45) is 4.99 Å². The van der Waals surface area contributed by atoms with E-state index in [9.17, 15) is 13.2 Å². The van der Waals surface area contributed by atoms with Crippen molar-refractivity contribution in [2.45, 2.75) is 51.7 Å². The summed E-state index contributed by atoms with van der Waals surface area (Å²) >= 11 is 0.953. The molecule has 154 valence electrons. The average Bonchev–Trinajstić information content (AvgIpc) is 3.26. The quantitative estimate of drug-likeness (QED) is 0.552. The van der Waals surface area contributed by atoms with Gasteiger partial charge in [0.25, 0.3) is 0 Å². The molecule has 1 aliphatic heterocycles. The molecule has 2 aromatic heterocycles. The van der Waals surface area contributed by atoms with Crippen LogP contribution in [0.2, 0.25) is 0 Å². The van der Waals surface area contributed by atoms with Gasteiger partial charge in [0.15, 0.2) is 17.5 Å². The number of aromatic nitrogens is 4. The Morgan fingerprint density at radius 2 is 2.25 bits per heavy atom. The van der Waals surface area contributed by atoms with Crippen LogP contribution in [0.25, 0.3) is 0 Å². The molecule has 0 saturated heterocycles. The SMILES string of the molecule is CCNC(=NCc1nc(C(F)(F)F)cs1)NC1CCc2nc(COC)nn2C1. The van der Waals surface area contributed by atoms with E-state index in [4.69, 9.17) is 4.74 Å². The van der Waals surface area contributed by atoms with Gasteiger partial charge in [-0.05, 0) is 13.3 Å². The molecule has 1 atom stereocenters. The highest BCUT2D eigenvalue weighted by Crippen LogP contribution is 2.30. The molecular formula is C16H22F3N7OS. The second-order valence-corrected chi connectivity index (χ2v) is 7.20. The molecule has 0 aromatic carbocycles. The summed E-state index contributed by atoms with van der Waals surface area (Å²) in [5, 5.41) is 12.2. The summed E-state index contributed by atoms with van der Waals surface area (Å²) in [5.41, 5.74) is -0.876. The minimum atomic E-state index is -4.43. The molecule has 12 heteroatoms. The van der Waals surface area contributed by atoms with Crippen LogP contribution in [0.1, 0.15) is 35.7 Å². The summed E-state index contributed by atoms with van der Waals surface area (Å²) in [5.74, 6) is 2.12. The van der Waals surface area contributed by atoms with Crippen molar-refractivity contribution in [1.29, 1.82) is 0 Å². The number of rotatable bonds is 6. The molecule has 3 heterocycles. The molecule has 2 aromatic rings. The van der Waals surface area contributed by atoms with Gasteiger partial charge in [0, 0.05) is 31.5 Å². The van der Waals surface area contributed by atoms with Crippen LogP contribution in [0.3, 0.4) is 0 Å². The number of guanidine groups is 1. The van der Waals surface area contributed by atoms with Gasteiger partial charge in [0.2, 0.25) is 0 Å². The van der Waals surface area contributed by atoms with E-state index in [1.165, 1.54) is 0 Å². The van der Waals surface area contributed by atoms with Crippen molar-refractivity contribution in [3.05, 3.63) is 27.7 Å². The fourth-order valence-electron chi connectivity index (χ4n) is 2.84. The molecule has 1 unspecified atom stereocenters. The molecular weight excluding hydrogens is 395 g/mol. The average molecular weight is 417 g/mol. The zero-order valence-electron chi connectivity index (χ0n) is 15.6. The largest absolute Gasteiger partial charge is 0.434 e. The highest BCUT2D eigenvalue weighted by atomic mass is 32.1. The van der Waals surface area contributed by atoms with E-state index >= 15 is 0 Å².